The minimum Gasteiger partial charge on any atom is -0.444 e. The molecule has 122 valence electrons. The van der Waals surface area contributed by atoms with Crippen LogP contribution in [0.2, 0.25) is 0 Å². The Balaban J connectivity index is 1.63. The summed E-state index contributed by atoms with van der Waals surface area (Å²) >= 11 is 3.26. The molecule has 0 saturated carbocycles. The molecule has 2 aromatic heterocycles. The number of fused-ring (bicyclic) bond motifs is 1. The Labute approximate surface area is 143 Å². The fourth-order valence-corrected chi connectivity index (χ4v) is 3.91. The molecule has 0 aliphatic carbocycles. The summed E-state index contributed by atoms with van der Waals surface area (Å²) in [6.07, 6.45) is 6.47. The van der Waals surface area contributed by atoms with Crippen LogP contribution in [0.25, 0.3) is 0 Å². The van der Waals surface area contributed by atoms with E-state index in [2.05, 4.69) is 30.7 Å². The average Bonchev–Trinajstić information content (AvgIpc) is 3.23. The maximum atomic E-state index is 12.8. The quantitative estimate of drug-likeness (QED) is 0.803. The molecule has 0 aromatic carbocycles. The molecular formula is C16H19BrN4O2. The van der Waals surface area contributed by atoms with Crippen molar-refractivity contribution in [2.24, 2.45) is 0 Å². The van der Waals surface area contributed by atoms with E-state index in [1.165, 1.54) is 12.8 Å². The number of rotatable bonds is 2. The molecule has 7 heteroatoms. The molecule has 1 fully saturated rings. The fraction of sp³-hybridized carbons (Fsp3) is 0.562. The minimum absolute atomic E-state index is 0.00530. The third-order valence-electron chi connectivity index (χ3n) is 4.73. The fourth-order valence-electron chi connectivity index (χ4n) is 3.60. The summed E-state index contributed by atoms with van der Waals surface area (Å²) in [6, 6.07) is 3.47. The summed E-state index contributed by atoms with van der Waals surface area (Å²) in [5.74, 6) is 2.32. The SMILES string of the molecule is O=C(c1ccc(Br)o1)N1CCCC1c1nnc2n1CCCCC2. The zero-order valence-electron chi connectivity index (χ0n) is 12.9. The molecule has 0 radical (unpaired) electrons. The summed E-state index contributed by atoms with van der Waals surface area (Å²) < 4.78 is 8.25. The molecule has 0 bridgehead atoms. The van der Waals surface area contributed by atoms with Crippen LogP contribution in [0.5, 0.6) is 0 Å². The first kappa shape index (κ1) is 14.9. The highest BCUT2D eigenvalue weighted by Gasteiger charge is 2.35. The van der Waals surface area contributed by atoms with Gasteiger partial charge in [-0.15, -0.1) is 10.2 Å². The van der Waals surface area contributed by atoms with Crippen LogP contribution in [-0.4, -0.2) is 32.1 Å². The number of furan rings is 1. The van der Waals surface area contributed by atoms with E-state index in [9.17, 15) is 4.79 Å². The van der Waals surface area contributed by atoms with Gasteiger partial charge in [0.25, 0.3) is 5.91 Å². The Kier molecular flexibility index (Phi) is 3.97. The van der Waals surface area contributed by atoms with Crippen molar-refractivity contribution in [3.8, 4) is 0 Å². The number of hydrogen-bond donors (Lipinski definition) is 0. The Bertz CT molecular complexity index is 723. The highest BCUT2D eigenvalue weighted by Crippen LogP contribution is 2.33. The number of likely N-dealkylation sites (tertiary alicyclic amines) is 1. The molecule has 1 saturated heterocycles. The molecule has 23 heavy (non-hydrogen) atoms. The van der Waals surface area contributed by atoms with Crippen molar-refractivity contribution in [3.05, 3.63) is 34.2 Å². The number of aryl methyl sites for hydroxylation is 1. The van der Waals surface area contributed by atoms with E-state index in [4.69, 9.17) is 4.42 Å². The van der Waals surface area contributed by atoms with E-state index in [0.717, 1.165) is 50.4 Å². The predicted octanol–water partition coefficient (Wildman–Crippen LogP) is 3.34. The van der Waals surface area contributed by atoms with E-state index < -0.39 is 0 Å². The van der Waals surface area contributed by atoms with Crippen LogP contribution >= 0.6 is 15.9 Å². The third kappa shape index (κ3) is 2.71. The van der Waals surface area contributed by atoms with Crippen molar-refractivity contribution in [1.29, 1.82) is 0 Å². The second-order valence-electron chi connectivity index (χ2n) is 6.20. The van der Waals surface area contributed by atoms with E-state index in [1.54, 1.807) is 12.1 Å². The summed E-state index contributed by atoms with van der Waals surface area (Å²) in [5, 5.41) is 8.81. The molecule has 2 aliphatic heterocycles. The van der Waals surface area contributed by atoms with Crippen LogP contribution in [-0.2, 0) is 13.0 Å². The number of aromatic nitrogens is 3. The van der Waals surface area contributed by atoms with Crippen LogP contribution in [0.4, 0.5) is 0 Å². The van der Waals surface area contributed by atoms with Crippen LogP contribution in [0.15, 0.2) is 21.2 Å². The minimum atomic E-state index is -0.0656. The molecule has 0 spiro atoms. The topological polar surface area (TPSA) is 64.2 Å². The molecule has 4 heterocycles. The van der Waals surface area contributed by atoms with Gasteiger partial charge in [0.1, 0.15) is 5.82 Å². The van der Waals surface area contributed by atoms with Crippen LogP contribution < -0.4 is 0 Å². The van der Waals surface area contributed by atoms with Gasteiger partial charge in [-0.05, 0) is 53.7 Å². The lowest BCUT2D eigenvalue weighted by molar-refractivity contribution is 0.0693. The van der Waals surface area contributed by atoms with Gasteiger partial charge in [-0.2, -0.15) is 0 Å². The Morgan fingerprint density at radius 1 is 1.17 bits per heavy atom. The highest BCUT2D eigenvalue weighted by molar-refractivity contribution is 9.10. The van der Waals surface area contributed by atoms with Gasteiger partial charge in [0, 0.05) is 19.5 Å². The molecule has 1 unspecified atom stereocenters. The van der Waals surface area contributed by atoms with Crippen molar-refractivity contribution in [3.63, 3.8) is 0 Å². The van der Waals surface area contributed by atoms with Gasteiger partial charge in [-0.1, -0.05) is 6.42 Å². The first-order valence-electron chi connectivity index (χ1n) is 8.22. The molecule has 2 aliphatic rings. The summed E-state index contributed by atoms with van der Waals surface area (Å²) in [7, 11) is 0. The summed E-state index contributed by atoms with van der Waals surface area (Å²) in [6.45, 7) is 1.70. The summed E-state index contributed by atoms with van der Waals surface area (Å²) in [5.41, 5.74) is 0. The van der Waals surface area contributed by atoms with E-state index >= 15 is 0 Å². The molecule has 1 amide bonds. The van der Waals surface area contributed by atoms with Gasteiger partial charge in [0.05, 0.1) is 6.04 Å². The standard InChI is InChI=1S/C16H19BrN4O2/c17-13-8-7-12(23-13)16(22)20-10-4-5-11(20)15-19-18-14-6-2-1-3-9-21(14)15/h7-8,11H,1-6,9-10H2. The van der Waals surface area contributed by atoms with Gasteiger partial charge in [0.15, 0.2) is 16.3 Å². The zero-order valence-corrected chi connectivity index (χ0v) is 14.5. The predicted molar refractivity (Wildman–Crippen MR) is 87.0 cm³/mol. The van der Waals surface area contributed by atoms with E-state index in [0.29, 0.717) is 10.4 Å². The lowest BCUT2D eigenvalue weighted by atomic mass is 10.2. The van der Waals surface area contributed by atoms with E-state index in [1.807, 2.05) is 4.90 Å². The monoisotopic (exact) mass is 378 g/mol. The smallest absolute Gasteiger partial charge is 0.290 e. The summed E-state index contributed by atoms with van der Waals surface area (Å²) in [4.78, 5) is 14.6. The number of nitrogens with zero attached hydrogens (tertiary/aromatic N) is 4. The van der Waals surface area contributed by atoms with E-state index in [-0.39, 0.29) is 11.9 Å². The first-order valence-corrected chi connectivity index (χ1v) is 9.01. The second kappa shape index (κ2) is 6.11. The van der Waals surface area contributed by atoms with Crippen molar-refractivity contribution in [2.75, 3.05) is 6.54 Å². The van der Waals surface area contributed by atoms with Crippen LogP contribution in [0.3, 0.4) is 0 Å². The van der Waals surface area contributed by atoms with Crippen molar-refractivity contribution < 1.29 is 9.21 Å². The number of halogens is 1. The lowest BCUT2D eigenvalue weighted by Crippen LogP contribution is -2.32. The van der Waals surface area contributed by atoms with Gasteiger partial charge < -0.3 is 13.9 Å². The van der Waals surface area contributed by atoms with Gasteiger partial charge in [-0.3, -0.25) is 4.79 Å². The molecule has 4 rings (SSSR count). The Morgan fingerprint density at radius 2 is 2.09 bits per heavy atom. The molecular weight excluding hydrogens is 360 g/mol. The number of carbonyl (C=O) groups excluding carboxylic acids is 1. The number of amides is 1. The van der Waals surface area contributed by atoms with Gasteiger partial charge in [-0.25, -0.2) is 0 Å². The first-order chi connectivity index (χ1) is 11.2. The zero-order chi connectivity index (χ0) is 15.8. The lowest BCUT2D eigenvalue weighted by Gasteiger charge is -2.23. The normalized spacial score (nSPS) is 21.3. The highest BCUT2D eigenvalue weighted by atomic mass is 79.9. The third-order valence-corrected chi connectivity index (χ3v) is 5.16. The second-order valence-corrected chi connectivity index (χ2v) is 6.98. The van der Waals surface area contributed by atoms with Crippen LogP contribution in [0, 0.1) is 0 Å². The Hall–Kier alpha value is -1.63. The molecule has 0 N–H and O–H groups in total. The van der Waals surface area contributed by atoms with Crippen molar-refractivity contribution in [1.82, 2.24) is 19.7 Å². The van der Waals surface area contributed by atoms with Gasteiger partial charge >= 0.3 is 0 Å². The van der Waals surface area contributed by atoms with Gasteiger partial charge in [0.2, 0.25) is 0 Å². The molecule has 2 aromatic rings. The average molecular weight is 379 g/mol. The number of carbonyl (C=O) groups is 1. The molecule has 1 atom stereocenters. The van der Waals surface area contributed by atoms with Crippen molar-refractivity contribution in [2.45, 2.75) is 51.1 Å². The van der Waals surface area contributed by atoms with Crippen molar-refractivity contribution >= 4 is 21.8 Å². The largest absolute Gasteiger partial charge is 0.444 e. The van der Waals surface area contributed by atoms with Crippen LogP contribution in [0.1, 0.15) is 60.3 Å². The number of hydrogen-bond acceptors (Lipinski definition) is 4. The molecule has 6 nitrogen and oxygen atoms in total. The Morgan fingerprint density at radius 3 is 2.91 bits per heavy atom. The maximum Gasteiger partial charge on any atom is 0.290 e. The maximum absolute atomic E-state index is 12.8.